The van der Waals surface area contributed by atoms with Crippen LogP contribution in [0.25, 0.3) is 22.0 Å². The van der Waals surface area contributed by atoms with E-state index in [4.69, 9.17) is 4.74 Å². The molecule has 1 aliphatic heterocycles. The van der Waals surface area contributed by atoms with Crippen molar-refractivity contribution in [2.75, 3.05) is 0 Å². The fraction of sp³-hybridized carbons (Fsp3) is 0.484. The molecule has 0 unspecified atom stereocenters. The maximum absolute atomic E-state index is 15.2. The Morgan fingerprint density at radius 3 is 2.59 bits per heavy atom. The summed E-state index contributed by atoms with van der Waals surface area (Å²) in [6, 6.07) is 12.6. The normalized spacial score (nSPS) is 25.8. The van der Waals surface area contributed by atoms with Crippen molar-refractivity contribution < 1.29 is 18.7 Å². The summed E-state index contributed by atoms with van der Waals surface area (Å²) in [6.45, 7) is 5.45. The number of piperidine rings is 1. The highest BCUT2D eigenvalue weighted by molar-refractivity contribution is 5.89. The van der Waals surface area contributed by atoms with Crippen LogP contribution >= 0.6 is 0 Å². The minimum absolute atomic E-state index is 0.0145. The average molecular weight is 529 g/mol. The van der Waals surface area contributed by atoms with E-state index in [2.05, 4.69) is 11.2 Å². The molecule has 6 rings (SSSR count). The molecule has 0 radical (unpaired) electrons. The second-order valence-electron chi connectivity index (χ2n) is 12.4. The number of halogens is 1. The van der Waals surface area contributed by atoms with Gasteiger partial charge in [0.2, 0.25) is 0 Å². The highest BCUT2D eigenvalue weighted by atomic mass is 19.1. The number of hydrogen-bond donors (Lipinski definition) is 0. The fourth-order valence-corrected chi connectivity index (χ4v) is 6.86. The molecule has 0 spiro atoms. The van der Waals surface area contributed by atoms with Gasteiger partial charge in [-0.15, -0.1) is 0 Å². The number of benzene rings is 2. The third kappa shape index (κ3) is 4.58. The van der Waals surface area contributed by atoms with Gasteiger partial charge in [-0.05, 0) is 86.6 Å². The van der Waals surface area contributed by atoms with Crippen LogP contribution in [-0.4, -0.2) is 44.2 Å². The summed E-state index contributed by atoms with van der Waals surface area (Å²) in [5.41, 5.74) is 2.31. The summed E-state index contributed by atoms with van der Waals surface area (Å²) in [4.78, 5) is 28.3. The maximum atomic E-state index is 15.2. The van der Waals surface area contributed by atoms with Crippen LogP contribution in [0.1, 0.15) is 45.6 Å². The Kier molecular flexibility index (Phi) is 6.01. The van der Waals surface area contributed by atoms with Crippen molar-refractivity contribution in [1.29, 1.82) is 5.26 Å². The van der Waals surface area contributed by atoms with E-state index in [9.17, 15) is 14.9 Å². The van der Waals surface area contributed by atoms with Crippen molar-refractivity contribution in [3.8, 4) is 17.2 Å². The van der Waals surface area contributed by atoms with Crippen LogP contribution in [-0.2, 0) is 23.0 Å². The number of carbonyl (C=O) groups excluding carboxylic acids is 2. The van der Waals surface area contributed by atoms with Crippen molar-refractivity contribution >= 4 is 22.8 Å². The highest BCUT2D eigenvalue weighted by Gasteiger charge is 2.67. The zero-order valence-corrected chi connectivity index (χ0v) is 22.7. The topological polar surface area (TPSA) is 88.2 Å². The molecule has 2 saturated carbocycles. The van der Waals surface area contributed by atoms with Crippen LogP contribution in [0.4, 0.5) is 9.18 Å². The number of carbonyl (C=O) groups is 2. The molecule has 1 amide bonds. The predicted octanol–water partition coefficient (Wildman–Crippen LogP) is 5.66. The van der Waals surface area contributed by atoms with Crippen LogP contribution in [0.2, 0.25) is 0 Å². The van der Waals surface area contributed by atoms with Gasteiger partial charge in [0.1, 0.15) is 11.4 Å². The standard InChI is InChI=1S/C31H33FN4O3/c1-31(2,3)39-30(38)36-27-14-24(22-13-23(22)27)29(36)28(37)10-17(15-33)9-20-7-5-18(11-25(20)32)19-6-8-21-16-34-35(4)26(21)12-19/h5-8,11-12,16-17,22-24,27,29H,9-10,13-14H2,1-4H3/t17-,22-,23+,24-,27+,29+/m1/s1. The fourth-order valence-electron chi connectivity index (χ4n) is 6.86. The molecule has 8 heteroatoms. The number of amides is 1. The van der Waals surface area contributed by atoms with E-state index < -0.39 is 29.5 Å². The Morgan fingerprint density at radius 2 is 1.87 bits per heavy atom. The van der Waals surface area contributed by atoms with Gasteiger partial charge in [0.25, 0.3) is 0 Å². The molecule has 6 atom stereocenters. The van der Waals surface area contributed by atoms with Gasteiger partial charge in [-0.3, -0.25) is 14.4 Å². The first-order valence-electron chi connectivity index (χ1n) is 13.7. The van der Waals surface area contributed by atoms with E-state index in [-0.39, 0.29) is 30.6 Å². The zero-order valence-electron chi connectivity index (χ0n) is 22.7. The van der Waals surface area contributed by atoms with Crippen LogP contribution in [0.15, 0.2) is 42.6 Å². The van der Waals surface area contributed by atoms with Crippen molar-refractivity contribution in [2.45, 2.75) is 64.1 Å². The molecule has 3 aliphatic rings. The Bertz CT molecular complexity index is 1520. The van der Waals surface area contributed by atoms with Gasteiger partial charge in [-0.2, -0.15) is 10.4 Å². The number of Topliss-reactive ketones (excluding diaryl/α,β-unsaturated/α-hetero) is 1. The number of rotatable bonds is 6. The lowest BCUT2D eigenvalue weighted by molar-refractivity contribution is -0.126. The molecule has 0 N–H and O–H groups in total. The third-order valence-corrected chi connectivity index (χ3v) is 8.68. The first-order valence-corrected chi connectivity index (χ1v) is 13.7. The van der Waals surface area contributed by atoms with Crippen molar-refractivity contribution in [3.05, 3.63) is 54.0 Å². The molecule has 2 aromatic carbocycles. The molecule has 7 nitrogen and oxygen atoms in total. The lowest BCUT2D eigenvalue weighted by atomic mass is 9.87. The smallest absolute Gasteiger partial charge is 0.411 e. The summed E-state index contributed by atoms with van der Waals surface area (Å²) < 4.78 is 22.7. The zero-order chi connectivity index (χ0) is 27.6. The molecular weight excluding hydrogens is 495 g/mol. The molecule has 2 aliphatic carbocycles. The predicted molar refractivity (Wildman–Crippen MR) is 144 cm³/mol. The maximum Gasteiger partial charge on any atom is 0.411 e. The van der Waals surface area contributed by atoms with Crippen LogP contribution in [0.3, 0.4) is 0 Å². The van der Waals surface area contributed by atoms with Crippen LogP contribution in [0, 0.1) is 40.8 Å². The number of nitriles is 1. The number of hydrogen-bond acceptors (Lipinski definition) is 5. The van der Waals surface area contributed by atoms with Crippen molar-refractivity contribution in [2.24, 2.45) is 30.7 Å². The van der Waals surface area contributed by atoms with E-state index in [1.54, 1.807) is 21.8 Å². The highest BCUT2D eigenvalue weighted by Crippen LogP contribution is 2.63. The van der Waals surface area contributed by atoms with Gasteiger partial charge < -0.3 is 4.74 Å². The summed E-state index contributed by atoms with van der Waals surface area (Å²) in [6.07, 6.45) is 3.33. The van der Waals surface area contributed by atoms with Crippen LogP contribution in [0.5, 0.6) is 0 Å². The number of nitrogens with zero attached hydrogens (tertiary/aromatic N) is 4. The molecule has 39 heavy (non-hydrogen) atoms. The summed E-state index contributed by atoms with van der Waals surface area (Å²) in [7, 11) is 1.87. The Labute approximate surface area is 227 Å². The van der Waals surface area contributed by atoms with Gasteiger partial charge in [-0.1, -0.05) is 24.3 Å². The molecule has 3 fully saturated rings. The monoisotopic (exact) mass is 528 g/mol. The van der Waals surface area contributed by atoms with Crippen molar-refractivity contribution in [1.82, 2.24) is 14.7 Å². The van der Waals surface area contributed by atoms with Gasteiger partial charge in [0, 0.05) is 24.9 Å². The Morgan fingerprint density at radius 1 is 1.13 bits per heavy atom. The molecule has 1 saturated heterocycles. The molecular formula is C31H33FN4O3. The SMILES string of the molecule is Cn1ncc2ccc(-c3ccc(C[C@@H](C#N)CC(=O)[C@@H]4[C@@H]5C[C@@H]([C@H]6C[C@@H]56)N4C(=O)OC(C)(C)C)c(F)c3)cc21. The van der Waals surface area contributed by atoms with Crippen molar-refractivity contribution in [3.63, 3.8) is 0 Å². The molecule has 3 aromatic rings. The number of likely N-dealkylation sites (tertiary alicyclic amines) is 1. The van der Waals surface area contributed by atoms with E-state index in [1.165, 1.54) is 6.07 Å². The second-order valence-corrected chi connectivity index (χ2v) is 12.4. The van der Waals surface area contributed by atoms with Crippen LogP contribution < -0.4 is 0 Å². The molecule has 1 aromatic heterocycles. The third-order valence-electron chi connectivity index (χ3n) is 8.68. The van der Waals surface area contributed by atoms with Gasteiger partial charge in [0.05, 0.1) is 29.7 Å². The number of aromatic nitrogens is 2. The first kappa shape index (κ1) is 25.5. The van der Waals surface area contributed by atoms with Gasteiger partial charge in [0.15, 0.2) is 5.78 Å². The van der Waals surface area contributed by atoms with Gasteiger partial charge >= 0.3 is 6.09 Å². The summed E-state index contributed by atoms with van der Waals surface area (Å²) in [5, 5.41) is 15.2. The number of fused-ring (bicyclic) bond motifs is 6. The quantitative estimate of drug-likeness (QED) is 0.412. The van der Waals surface area contributed by atoms with E-state index in [0.717, 1.165) is 34.9 Å². The lowest BCUT2D eigenvalue weighted by Gasteiger charge is -2.35. The molecule has 2 bridgehead atoms. The Hall–Kier alpha value is -3.73. The molecule has 202 valence electrons. The average Bonchev–Trinajstić information content (AvgIpc) is 3.31. The summed E-state index contributed by atoms with van der Waals surface area (Å²) >= 11 is 0. The second kappa shape index (κ2) is 9.18. The number of ether oxygens (including phenoxy) is 1. The van der Waals surface area contributed by atoms with E-state index in [0.29, 0.717) is 17.4 Å². The van der Waals surface area contributed by atoms with E-state index >= 15 is 4.39 Å². The number of aryl methyl sites for hydroxylation is 1. The minimum Gasteiger partial charge on any atom is -0.444 e. The lowest BCUT2D eigenvalue weighted by Crippen LogP contribution is -2.51. The van der Waals surface area contributed by atoms with E-state index in [1.807, 2.05) is 52.1 Å². The molecule has 2 heterocycles. The first-order chi connectivity index (χ1) is 18.5. The minimum atomic E-state index is -0.682. The largest absolute Gasteiger partial charge is 0.444 e. The van der Waals surface area contributed by atoms with Gasteiger partial charge in [-0.25, -0.2) is 9.18 Å². The summed E-state index contributed by atoms with van der Waals surface area (Å²) in [5.74, 6) is -0.123. The Balaban J connectivity index is 1.17. The number of ketones is 1.